The summed E-state index contributed by atoms with van der Waals surface area (Å²) < 4.78 is 29.0. The van der Waals surface area contributed by atoms with Crippen molar-refractivity contribution in [3.8, 4) is 0 Å². The molecule has 0 radical (unpaired) electrons. The average Bonchev–Trinajstić information content (AvgIpc) is 2.12. The molecule has 0 fully saturated rings. The molecule has 0 saturated heterocycles. The van der Waals surface area contributed by atoms with Crippen LogP contribution in [-0.2, 0) is 24.3 Å². The van der Waals surface area contributed by atoms with Gasteiger partial charge in [-0.2, -0.15) is 4.72 Å². The van der Waals surface area contributed by atoms with Crippen molar-refractivity contribution < 1.29 is 27.9 Å². The first kappa shape index (κ1) is 14.8. The van der Waals surface area contributed by atoms with Crippen LogP contribution in [0, 0.1) is 0 Å². The van der Waals surface area contributed by atoms with Gasteiger partial charge in [-0.3, -0.25) is 9.59 Å². The largest absolute Gasteiger partial charge is 0.480 e. The van der Waals surface area contributed by atoms with Crippen molar-refractivity contribution >= 4 is 22.0 Å². The number of esters is 1. The lowest BCUT2D eigenvalue weighted by Crippen LogP contribution is -2.50. The van der Waals surface area contributed by atoms with Gasteiger partial charge in [-0.25, -0.2) is 8.42 Å². The van der Waals surface area contributed by atoms with E-state index in [2.05, 4.69) is 4.74 Å². The summed E-state index contributed by atoms with van der Waals surface area (Å²) in [6.07, 6.45) is -0.318. The van der Waals surface area contributed by atoms with Crippen LogP contribution in [-0.4, -0.2) is 43.9 Å². The second-order valence-corrected chi connectivity index (χ2v) is 5.52. The van der Waals surface area contributed by atoms with Crippen LogP contribution in [0.2, 0.25) is 0 Å². The lowest BCUT2D eigenvalue weighted by Gasteiger charge is -2.20. The van der Waals surface area contributed by atoms with Gasteiger partial charge >= 0.3 is 11.9 Å². The molecule has 0 heterocycles. The minimum absolute atomic E-state index is 0.318. The Labute approximate surface area is 93.8 Å². The zero-order valence-corrected chi connectivity index (χ0v) is 10.1. The Bertz CT molecular complexity index is 372. The average molecular weight is 253 g/mol. The van der Waals surface area contributed by atoms with Crippen LogP contribution in [0.15, 0.2) is 0 Å². The quantitative estimate of drug-likeness (QED) is 0.608. The van der Waals surface area contributed by atoms with Crippen molar-refractivity contribution in [1.29, 1.82) is 0 Å². The first-order valence-electron chi connectivity index (χ1n) is 4.42. The number of carboxylic acid groups (broad SMARTS) is 1. The lowest BCUT2D eigenvalue weighted by atomic mass is 10.1. The number of carboxylic acids is 1. The third-order valence-corrected chi connectivity index (χ3v) is 3.31. The number of aliphatic carboxylic acids is 1. The third-order valence-electron chi connectivity index (χ3n) is 1.75. The maximum absolute atomic E-state index is 11.4. The van der Waals surface area contributed by atoms with Crippen molar-refractivity contribution in [2.45, 2.75) is 25.8 Å². The number of hydrogen-bond acceptors (Lipinski definition) is 5. The normalized spacial score (nSPS) is 12.2. The molecule has 7 nitrogen and oxygen atoms in total. The molecule has 94 valence electrons. The molecule has 0 aliphatic heterocycles. The Kier molecular flexibility index (Phi) is 4.88. The van der Waals surface area contributed by atoms with Crippen molar-refractivity contribution in [3.63, 3.8) is 0 Å². The van der Waals surface area contributed by atoms with E-state index in [9.17, 15) is 18.0 Å². The minimum atomic E-state index is -3.82. The summed E-state index contributed by atoms with van der Waals surface area (Å²) in [6.45, 7) is 2.43. The van der Waals surface area contributed by atoms with E-state index in [4.69, 9.17) is 5.11 Å². The molecular formula is C8H15NO6S. The Morgan fingerprint density at radius 2 is 1.88 bits per heavy atom. The molecule has 2 N–H and O–H groups in total. The third kappa shape index (κ3) is 5.08. The summed E-state index contributed by atoms with van der Waals surface area (Å²) in [5.74, 6) is -2.47. The first-order chi connectivity index (χ1) is 7.10. The summed E-state index contributed by atoms with van der Waals surface area (Å²) in [5, 5.41) is 8.71. The lowest BCUT2D eigenvalue weighted by molar-refractivity contribution is -0.142. The fourth-order valence-electron chi connectivity index (χ4n) is 0.803. The van der Waals surface area contributed by atoms with E-state index in [-0.39, 0.29) is 6.42 Å². The second kappa shape index (κ2) is 5.26. The van der Waals surface area contributed by atoms with E-state index in [1.807, 2.05) is 4.72 Å². The summed E-state index contributed by atoms with van der Waals surface area (Å²) >= 11 is 0. The molecule has 8 heteroatoms. The van der Waals surface area contributed by atoms with Gasteiger partial charge in [0.15, 0.2) is 0 Å². The number of sulfonamides is 1. The fraction of sp³-hybridized carbons (Fsp3) is 0.750. The predicted molar refractivity (Wildman–Crippen MR) is 55.3 cm³/mol. The van der Waals surface area contributed by atoms with Crippen LogP contribution in [0.1, 0.15) is 20.3 Å². The van der Waals surface area contributed by atoms with Crippen molar-refractivity contribution in [3.05, 3.63) is 0 Å². The number of rotatable bonds is 6. The maximum Gasteiger partial charge on any atom is 0.324 e. The highest BCUT2D eigenvalue weighted by Gasteiger charge is 2.32. The van der Waals surface area contributed by atoms with Crippen LogP contribution >= 0.6 is 0 Å². The molecule has 0 aliphatic carbocycles. The highest BCUT2D eigenvalue weighted by molar-refractivity contribution is 7.89. The van der Waals surface area contributed by atoms with Gasteiger partial charge in [-0.15, -0.1) is 0 Å². The van der Waals surface area contributed by atoms with Crippen molar-refractivity contribution in [2.75, 3.05) is 12.9 Å². The smallest absolute Gasteiger partial charge is 0.324 e. The van der Waals surface area contributed by atoms with Gasteiger partial charge in [0.05, 0.1) is 19.3 Å². The van der Waals surface area contributed by atoms with E-state index in [0.717, 1.165) is 7.11 Å². The minimum Gasteiger partial charge on any atom is -0.480 e. The monoisotopic (exact) mass is 253 g/mol. The fourth-order valence-corrected chi connectivity index (χ4v) is 2.21. The van der Waals surface area contributed by atoms with Crippen LogP contribution in [0.3, 0.4) is 0 Å². The Morgan fingerprint density at radius 1 is 1.38 bits per heavy atom. The van der Waals surface area contributed by atoms with Gasteiger partial charge in [0.1, 0.15) is 5.54 Å². The summed E-state index contributed by atoms with van der Waals surface area (Å²) in [6, 6.07) is 0. The summed E-state index contributed by atoms with van der Waals surface area (Å²) in [7, 11) is -2.68. The number of nitrogens with one attached hydrogen (secondary N) is 1. The summed E-state index contributed by atoms with van der Waals surface area (Å²) in [5.41, 5.74) is -1.60. The molecule has 0 aromatic rings. The molecule has 16 heavy (non-hydrogen) atoms. The standard InChI is InChI=1S/C8H15NO6S/c1-8(2,7(11)12)9-16(13,14)5-4-6(10)15-3/h9H,4-5H2,1-3H3,(H,11,12). The van der Waals surface area contributed by atoms with E-state index >= 15 is 0 Å². The van der Waals surface area contributed by atoms with Crippen LogP contribution in [0.25, 0.3) is 0 Å². The SMILES string of the molecule is COC(=O)CCS(=O)(=O)NC(C)(C)C(=O)O. The van der Waals surface area contributed by atoms with Gasteiger partial charge in [0, 0.05) is 0 Å². The van der Waals surface area contributed by atoms with Crippen molar-refractivity contribution in [2.24, 2.45) is 0 Å². The number of ether oxygens (including phenoxy) is 1. The molecule has 0 unspecified atom stereocenters. The molecule has 0 aromatic heterocycles. The zero-order chi connectivity index (χ0) is 13.0. The topological polar surface area (TPSA) is 110 Å². The molecule has 0 saturated carbocycles. The van der Waals surface area contributed by atoms with Gasteiger partial charge in [-0.05, 0) is 13.8 Å². The molecule has 0 atom stereocenters. The molecule has 0 aliphatic rings. The van der Waals surface area contributed by atoms with Crippen LogP contribution in [0.5, 0.6) is 0 Å². The number of carbonyl (C=O) groups excluding carboxylic acids is 1. The molecule has 0 aromatic carbocycles. The Hall–Kier alpha value is -1.15. The second-order valence-electron chi connectivity index (χ2n) is 3.68. The van der Waals surface area contributed by atoms with Crippen LogP contribution < -0.4 is 4.72 Å². The predicted octanol–water partition coefficient (Wildman–Crippen LogP) is -0.668. The number of carbonyl (C=O) groups is 2. The van der Waals surface area contributed by atoms with Gasteiger partial charge < -0.3 is 9.84 Å². The Balaban J connectivity index is 4.48. The van der Waals surface area contributed by atoms with E-state index in [1.54, 1.807) is 0 Å². The zero-order valence-electron chi connectivity index (χ0n) is 9.31. The van der Waals surface area contributed by atoms with Gasteiger partial charge in [0.25, 0.3) is 0 Å². The highest BCUT2D eigenvalue weighted by atomic mass is 32.2. The first-order valence-corrected chi connectivity index (χ1v) is 6.08. The number of methoxy groups -OCH3 is 1. The summed E-state index contributed by atoms with van der Waals surface area (Å²) in [4.78, 5) is 21.4. The van der Waals surface area contributed by atoms with E-state index < -0.39 is 33.3 Å². The van der Waals surface area contributed by atoms with E-state index in [1.165, 1.54) is 13.8 Å². The maximum atomic E-state index is 11.4. The van der Waals surface area contributed by atoms with Gasteiger partial charge in [-0.1, -0.05) is 0 Å². The molecule has 0 amide bonds. The Morgan fingerprint density at radius 3 is 2.25 bits per heavy atom. The van der Waals surface area contributed by atoms with Crippen molar-refractivity contribution in [1.82, 2.24) is 4.72 Å². The molecule has 0 bridgehead atoms. The molecular weight excluding hydrogens is 238 g/mol. The van der Waals surface area contributed by atoms with Gasteiger partial charge in [0.2, 0.25) is 10.0 Å². The molecule has 0 spiro atoms. The highest BCUT2D eigenvalue weighted by Crippen LogP contribution is 2.05. The van der Waals surface area contributed by atoms with Crippen LogP contribution in [0.4, 0.5) is 0 Å². The van der Waals surface area contributed by atoms with E-state index in [0.29, 0.717) is 0 Å². The number of hydrogen-bond donors (Lipinski definition) is 2. The molecule has 0 rings (SSSR count).